The average Bonchev–Trinajstić information content (AvgIpc) is 3.93. The molecule has 0 unspecified atom stereocenters. The number of hydrogen-bond acceptors (Lipinski definition) is 11. The van der Waals surface area contributed by atoms with Crippen molar-refractivity contribution in [3.05, 3.63) is 108 Å². The maximum absolute atomic E-state index is 14.4. The lowest BCUT2D eigenvalue weighted by Crippen LogP contribution is -2.59. The third-order valence-corrected chi connectivity index (χ3v) is 10.5. The molecule has 3 aromatic carbocycles. The van der Waals surface area contributed by atoms with Gasteiger partial charge in [-0.25, -0.2) is 4.79 Å². The van der Waals surface area contributed by atoms with E-state index in [-0.39, 0.29) is 31.6 Å². The molecular weight excluding hydrogens is 875 g/mol. The van der Waals surface area contributed by atoms with Crippen LogP contribution in [0.3, 0.4) is 0 Å². The highest BCUT2D eigenvalue weighted by atomic mass is 32.1. The van der Waals surface area contributed by atoms with Gasteiger partial charge in [-0.15, -0.1) is 0 Å². The maximum atomic E-state index is 14.4. The first-order valence-corrected chi connectivity index (χ1v) is 21.3. The minimum absolute atomic E-state index is 0.0573. The van der Waals surface area contributed by atoms with Crippen LogP contribution in [-0.2, 0) is 62.4 Å². The largest absolute Gasteiger partial charge is 0.480 e. The fourth-order valence-corrected chi connectivity index (χ4v) is 6.99. The number of fused-ring (bicyclic) bond motifs is 2. The van der Waals surface area contributed by atoms with E-state index in [0.29, 0.717) is 16.7 Å². The van der Waals surface area contributed by atoms with Crippen molar-refractivity contribution >= 4 is 87.7 Å². The molecule has 21 nitrogen and oxygen atoms in total. The number of carbonyl (C=O) groups is 9. The van der Waals surface area contributed by atoms with Crippen LogP contribution in [0.5, 0.6) is 0 Å². The van der Waals surface area contributed by atoms with Gasteiger partial charge in [-0.05, 0) is 28.8 Å². The number of carbonyl (C=O) groups excluding carboxylic acids is 8. The number of nitrogens with one attached hydrogen (secondary N) is 10. The van der Waals surface area contributed by atoms with Gasteiger partial charge < -0.3 is 63.3 Å². The SMILES string of the molecule is NCC(=O)NCC(=O)NCC(=O)NCC(=O)NCC(=O)N[C@@H](Cc1c[nH]c2ccccc12)C(=O)N[C@@H](Cc1ccccc1)C(=O)N[C@@H](Cc1c[nH]c2ccccc12)C(=O)N[C@@H](CS)C(=O)O. The number of H-pyrrole nitrogens is 2. The summed E-state index contributed by atoms with van der Waals surface area (Å²) in [6, 6.07) is 18.0. The van der Waals surface area contributed by atoms with E-state index >= 15 is 0 Å². The van der Waals surface area contributed by atoms with E-state index in [1.54, 1.807) is 48.8 Å². The first-order valence-electron chi connectivity index (χ1n) is 20.7. The molecule has 5 aromatic rings. The van der Waals surface area contributed by atoms with Crippen molar-refractivity contribution in [2.45, 2.75) is 43.4 Å². The second kappa shape index (κ2) is 24.4. The molecule has 2 heterocycles. The van der Waals surface area contributed by atoms with Crippen LogP contribution in [0.2, 0.25) is 0 Å². The summed E-state index contributed by atoms with van der Waals surface area (Å²) >= 11 is 4.06. The van der Waals surface area contributed by atoms with Crippen LogP contribution in [0.25, 0.3) is 21.8 Å². The van der Waals surface area contributed by atoms with Crippen LogP contribution < -0.4 is 48.3 Å². The van der Waals surface area contributed by atoms with Crippen LogP contribution in [0.1, 0.15) is 16.7 Å². The highest BCUT2D eigenvalue weighted by Crippen LogP contribution is 2.21. The number of amides is 8. The Balaban J connectivity index is 1.31. The molecule has 0 aliphatic rings. The molecule has 0 bridgehead atoms. The van der Waals surface area contributed by atoms with Gasteiger partial charge in [-0.1, -0.05) is 66.7 Å². The standard InChI is InChI=1S/C44H51N11O10S/c45-17-36(56)48-20-37(57)49-21-38(58)50-22-39(59)51-23-40(60)52-33(15-26-18-46-30-12-6-4-10-28(26)30)42(62)53-32(14-25-8-2-1-3-9-25)41(61)54-34(43(63)55-35(24-66)44(64)65)16-27-19-47-31-13-7-5-11-29(27)31/h1-13,18-19,32-35,46-47,66H,14-17,20-24,45H2,(H,48,56)(H,49,57)(H,50,58)(H,51,59)(H,52,60)(H,53,62)(H,54,61)(H,55,63)(H,64,65)/t32-,33-,34-,35-/m0/s1. The molecule has 5 rings (SSSR count). The van der Waals surface area contributed by atoms with Crippen molar-refractivity contribution < 1.29 is 48.3 Å². The Bertz CT molecular complexity index is 2550. The summed E-state index contributed by atoms with van der Waals surface area (Å²) in [5.41, 5.74) is 8.63. The first-order chi connectivity index (χ1) is 31.7. The highest BCUT2D eigenvalue weighted by molar-refractivity contribution is 7.80. The molecule has 66 heavy (non-hydrogen) atoms. The lowest BCUT2D eigenvalue weighted by Gasteiger charge is -2.26. The van der Waals surface area contributed by atoms with Crippen LogP contribution in [0, 0.1) is 0 Å². The van der Waals surface area contributed by atoms with Gasteiger partial charge in [-0.3, -0.25) is 38.4 Å². The number of nitrogens with two attached hydrogens (primary N) is 1. The number of carboxylic acid groups (broad SMARTS) is 1. The predicted octanol–water partition coefficient (Wildman–Crippen LogP) is -1.95. The summed E-state index contributed by atoms with van der Waals surface area (Å²) in [4.78, 5) is 122. The van der Waals surface area contributed by atoms with E-state index in [1.807, 2.05) is 42.5 Å². The number of aliphatic carboxylic acids is 1. The Morgan fingerprint density at radius 1 is 0.500 bits per heavy atom. The molecule has 8 amide bonds. The molecule has 0 spiro atoms. The molecule has 0 radical (unpaired) electrons. The zero-order valence-corrected chi connectivity index (χ0v) is 36.4. The number of aromatic nitrogens is 2. The molecule has 0 saturated heterocycles. The molecule has 0 aliphatic carbocycles. The normalized spacial score (nSPS) is 12.7. The molecular formula is C44H51N11O10S. The highest BCUT2D eigenvalue weighted by Gasteiger charge is 2.32. The summed E-state index contributed by atoms with van der Waals surface area (Å²) < 4.78 is 0. The summed E-state index contributed by atoms with van der Waals surface area (Å²) in [6.07, 6.45) is 3.17. The monoisotopic (exact) mass is 925 g/mol. The number of carboxylic acids is 1. The molecule has 13 N–H and O–H groups in total. The van der Waals surface area contributed by atoms with Gasteiger partial charge in [-0.2, -0.15) is 12.6 Å². The molecule has 0 saturated carbocycles. The van der Waals surface area contributed by atoms with Gasteiger partial charge in [0.05, 0.1) is 32.7 Å². The molecule has 0 aliphatic heterocycles. The van der Waals surface area contributed by atoms with E-state index in [4.69, 9.17) is 5.73 Å². The van der Waals surface area contributed by atoms with Crippen LogP contribution in [-0.4, -0.2) is 131 Å². The lowest BCUT2D eigenvalue weighted by atomic mass is 10.0. The predicted molar refractivity (Wildman–Crippen MR) is 244 cm³/mol. The van der Waals surface area contributed by atoms with Gasteiger partial charge in [0.25, 0.3) is 0 Å². The van der Waals surface area contributed by atoms with Gasteiger partial charge >= 0.3 is 5.97 Å². The van der Waals surface area contributed by atoms with Crippen LogP contribution in [0.15, 0.2) is 91.3 Å². The van der Waals surface area contributed by atoms with E-state index in [0.717, 1.165) is 21.8 Å². The molecule has 2 aromatic heterocycles. The third kappa shape index (κ3) is 14.7. The molecule has 4 atom stereocenters. The number of para-hydroxylation sites is 2. The van der Waals surface area contributed by atoms with Gasteiger partial charge in [0.15, 0.2) is 0 Å². The minimum Gasteiger partial charge on any atom is -0.480 e. The van der Waals surface area contributed by atoms with Crippen molar-refractivity contribution in [3.8, 4) is 0 Å². The Hall–Kier alpha value is -7.72. The number of hydrogen-bond donors (Lipinski definition) is 13. The fourth-order valence-electron chi connectivity index (χ4n) is 6.74. The van der Waals surface area contributed by atoms with Gasteiger partial charge in [0.2, 0.25) is 47.3 Å². The zero-order chi connectivity index (χ0) is 47.6. The number of thiol groups is 1. The molecule has 22 heteroatoms. The molecule has 348 valence electrons. The summed E-state index contributed by atoms with van der Waals surface area (Å²) in [6.45, 7) is -2.41. The fraction of sp³-hybridized carbons (Fsp3) is 0.295. The van der Waals surface area contributed by atoms with Gasteiger partial charge in [0.1, 0.15) is 24.2 Å². The van der Waals surface area contributed by atoms with Crippen molar-refractivity contribution in [2.75, 3.05) is 38.5 Å². The van der Waals surface area contributed by atoms with Crippen molar-refractivity contribution in [3.63, 3.8) is 0 Å². The van der Waals surface area contributed by atoms with Crippen molar-refractivity contribution in [1.29, 1.82) is 0 Å². The van der Waals surface area contributed by atoms with Crippen molar-refractivity contribution in [1.82, 2.24) is 52.5 Å². The maximum Gasteiger partial charge on any atom is 0.327 e. The van der Waals surface area contributed by atoms with Crippen LogP contribution >= 0.6 is 12.6 Å². The summed E-state index contributed by atoms with van der Waals surface area (Å²) in [7, 11) is 0. The number of rotatable bonds is 24. The zero-order valence-electron chi connectivity index (χ0n) is 35.5. The second-order valence-electron chi connectivity index (χ2n) is 15.0. The average molecular weight is 926 g/mol. The number of benzene rings is 3. The lowest BCUT2D eigenvalue weighted by molar-refractivity contribution is -0.141. The Morgan fingerprint density at radius 2 is 0.894 bits per heavy atom. The van der Waals surface area contributed by atoms with Crippen molar-refractivity contribution in [2.24, 2.45) is 5.73 Å². The smallest absolute Gasteiger partial charge is 0.327 e. The Morgan fingerprint density at radius 3 is 1.35 bits per heavy atom. The summed E-state index contributed by atoms with van der Waals surface area (Å²) in [5.74, 6) is -7.46. The van der Waals surface area contributed by atoms with Crippen LogP contribution in [0.4, 0.5) is 0 Å². The van der Waals surface area contributed by atoms with E-state index in [9.17, 15) is 48.3 Å². The van der Waals surface area contributed by atoms with E-state index in [1.165, 1.54) is 0 Å². The van der Waals surface area contributed by atoms with E-state index in [2.05, 4.69) is 65.1 Å². The first kappa shape index (κ1) is 49.3. The van der Waals surface area contributed by atoms with E-state index < -0.39 is 104 Å². The topological polar surface area (TPSA) is 328 Å². The second-order valence-corrected chi connectivity index (χ2v) is 15.3. The Labute approximate surface area is 382 Å². The Kier molecular flexibility index (Phi) is 18.2. The summed E-state index contributed by atoms with van der Waals surface area (Å²) in [5, 5.41) is 30.9. The third-order valence-electron chi connectivity index (χ3n) is 10.2. The minimum atomic E-state index is -1.37. The number of aromatic amines is 2. The molecule has 0 fully saturated rings. The quantitative estimate of drug-likeness (QED) is 0.0302. The van der Waals surface area contributed by atoms with Gasteiger partial charge in [0, 0.05) is 59.2 Å².